The van der Waals surface area contributed by atoms with Crippen LogP contribution in [0, 0.1) is 19.8 Å². The van der Waals surface area contributed by atoms with Gasteiger partial charge in [0.15, 0.2) is 0 Å². The van der Waals surface area contributed by atoms with Crippen LogP contribution in [0.5, 0.6) is 0 Å². The number of hydrogen-bond donors (Lipinski definition) is 0. The number of benzene rings is 2. The topological polar surface area (TPSA) is 3.24 Å². The van der Waals surface area contributed by atoms with Gasteiger partial charge in [-0.25, -0.2) is 0 Å². The van der Waals surface area contributed by atoms with E-state index in [1.54, 1.807) is 0 Å². The third-order valence-electron chi connectivity index (χ3n) is 6.65. The normalized spacial score (nSPS) is 25.7. The molecule has 0 unspecified atom stereocenters. The lowest BCUT2D eigenvalue weighted by Crippen LogP contribution is -2.49. The Morgan fingerprint density at radius 2 is 1.35 bits per heavy atom. The van der Waals surface area contributed by atoms with Crippen LogP contribution in [-0.4, -0.2) is 24.0 Å². The van der Waals surface area contributed by atoms with E-state index in [9.17, 15) is 0 Å². The zero-order valence-electron chi connectivity index (χ0n) is 16.4. The molecule has 2 aromatic rings. The quantitative estimate of drug-likeness (QED) is 0.659. The molecule has 2 bridgehead atoms. The monoisotopic (exact) mass is 345 g/mol. The number of piperidine rings is 2. The van der Waals surface area contributed by atoms with E-state index >= 15 is 0 Å². The Labute approximate surface area is 158 Å². The lowest BCUT2D eigenvalue weighted by atomic mass is 9.77. The fourth-order valence-electron chi connectivity index (χ4n) is 5.10. The van der Waals surface area contributed by atoms with Crippen LogP contribution in [0.4, 0.5) is 0 Å². The third-order valence-corrected chi connectivity index (χ3v) is 6.65. The first kappa shape index (κ1) is 17.5. The lowest BCUT2D eigenvalue weighted by molar-refractivity contribution is 0.0486. The van der Waals surface area contributed by atoms with Crippen molar-refractivity contribution in [1.29, 1.82) is 0 Å². The number of allylic oxidation sites excluding steroid dienone is 1. The first-order chi connectivity index (χ1) is 12.6. The summed E-state index contributed by atoms with van der Waals surface area (Å²) in [6, 6.07) is 19.3. The van der Waals surface area contributed by atoms with Crippen LogP contribution in [0.25, 0.3) is 5.57 Å². The van der Waals surface area contributed by atoms with Crippen LogP contribution in [-0.2, 0) is 0 Å². The third kappa shape index (κ3) is 3.38. The zero-order chi connectivity index (χ0) is 18.1. The fourth-order valence-corrected chi connectivity index (χ4v) is 5.10. The molecule has 2 aliphatic rings. The van der Waals surface area contributed by atoms with Gasteiger partial charge in [-0.1, -0.05) is 61.0 Å². The molecule has 2 heterocycles. The van der Waals surface area contributed by atoms with E-state index < -0.39 is 0 Å². The van der Waals surface area contributed by atoms with Gasteiger partial charge in [-0.3, -0.25) is 0 Å². The SMILES string of the molecule is Cc1ccccc1C(=C[C@H]1C[C@H]2CCC[C@@H](C1)N2C)c1ccccc1C. The Hall–Kier alpha value is -1.86. The Morgan fingerprint density at radius 3 is 1.85 bits per heavy atom. The molecule has 0 spiro atoms. The van der Waals surface area contributed by atoms with Gasteiger partial charge in [0.2, 0.25) is 0 Å². The molecule has 4 rings (SSSR count). The van der Waals surface area contributed by atoms with E-state index in [-0.39, 0.29) is 0 Å². The van der Waals surface area contributed by atoms with E-state index in [0.717, 1.165) is 12.1 Å². The molecule has 3 atom stereocenters. The predicted molar refractivity (Wildman–Crippen MR) is 111 cm³/mol. The number of hydrogen-bond acceptors (Lipinski definition) is 1. The minimum Gasteiger partial charge on any atom is -0.300 e. The Bertz CT molecular complexity index is 742. The van der Waals surface area contributed by atoms with Crippen LogP contribution in [0.3, 0.4) is 0 Å². The van der Waals surface area contributed by atoms with Crippen LogP contribution >= 0.6 is 0 Å². The highest BCUT2D eigenvalue weighted by Crippen LogP contribution is 2.39. The summed E-state index contributed by atoms with van der Waals surface area (Å²) >= 11 is 0. The maximum Gasteiger partial charge on any atom is 0.0101 e. The molecule has 0 radical (unpaired) electrons. The van der Waals surface area contributed by atoms with E-state index in [0.29, 0.717) is 5.92 Å². The number of fused-ring (bicyclic) bond motifs is 2. The van der Waals surface area contributed by atoms with E-state index in [4.69, 9.17) is 0 Å². The summed E-state index contributed by atoms with van der Waals surface area (Å²) in [5.74, 6) is 0.690. The Balaban J connectivity index is 1.75. The molecule has 1 heteroatoms. The molecule has 0 aliphatic carbocycles. The van der Waals surface area contributed by atoms with Gasteiger partial charge in [-0.2, -0.15) is 0 Å². The summed E-state index contributed by atoms with van der Waals surface area (Å²) in [5, 5.41) is 0. The molecule has 0 amide bonds. The minimum absolute atomic E-state index is 0.690. The highest BCUT2D eigenvalue weighted by Gasteiger charge is 2.35. The van der Waals surface area contributed by atoms with Gasteiger partial charge in [0, 0.05) is 12.1 Å². The molecule has 0 N–H and O–H groups in total. The fraction of sp³-hybridized carbons (Fsp3) is 0.440. The molecule has 136 valence electrons. The maximum atomic E-state index is 2.66. The second-order valence-electron chi connectivity index (χ2n) is 8.35. The molecule has 0 saturated carbocycles. The highest BCUT2D eigenvalue weighted by molar-refractivity contribution is 5.82. The van der Waals surface area contributed by atoms with Gasteiger partial charge in [0.1, 0.15) is 0 Å². The van der Waals surface area contributed by atoms with Crippen LogP contribution in [0.15, 0.2) is 54.6 Å². The molecule has 2 aliphatic heterocycles. The first-order valence-electron chi connectivity index (χ1n) is 10.2. The smallest absolute Gasteiger partial charge is 0.0101 e. The van der Waals surface area contributed by atoms with Crippen molar-refractivity contribution in [3.8, 4) is 0 Å². The van der Waals surface area contributed by atoms with Crippen molar-refractivity contribution < 1.29 is 0 Å². The van der Waals surface area contributed by atoms with Gasteiger partial charge < -0.3 is 4.90 Å². The average molecular weight is 346 g/mol. The molecular weight excluding hydrogens is 314 g/mol. The average Bonchev–Trinajstić information content (AvgIpc) is 2.62. The minimum atomic E-state index is 0.690. The van der Waals surface area contributed by atoms with Gasteiger partial charge in [0.05, 0.1) is 0 Å². The summed E-state index contributed by atoms with van der Waals surface area (Å²) < 4.78 is 0. The Kier molecular flexibility index (Phi) is 5.00. The van der Waals surface area contributed by atoms with Crippen molar-refractivity contribution >= 4 is 5.57 Å². The molecule has 2 fully saturated rings. The first-order valence-corrected chi connectivity index (χ1v) is 10.2. The number of nitrogens with zero attached hydrogens (tertiary/aromatic N) is 1. The van der Waals surface area contributed by atoms with Crippen LogP contribution < -0.4 is 0 Å². The second kappa shape index (κ2) is 7.40. The largest absolute Gasteiger partial charge is 0.300 e. The molecular formula is C25H31N. The van der Waals surface area contributed by atoms with Crippen molar-refractivity contribution in [3.05, 3.63) is 76.9 Å². The maximum absolute atomic E-state index is 2.66. The standard InChI is InChI=1S/C25H31N/c1-18-9-4-6-13-23(18)25(24-14-7-5-10-19(24)2)17-20-15-21-11-8-12-22(16-20)26(21)3/h4-7,9-10,13-14,17,20-22H,8,11-12,15-16H2,1-3H3/t20-,21+,22-. The van der Waals surface area contributed by atoms with Crippen molar-refractivity contribution in [3.63, 3.8) is 0 Å². The lowest BCUT2D eigenvalue weighted by Gasteiger charge is -2.46. The number of aryl methyl sites for hydroxylation is 2. The van der Waals surface area contributed by atoms with Gasteiger partial charge in [-0.05, 0) is 80.3 Å². The second-order valence-corrected chi connectivity index (χ2v) is 8.35. The van der Waals surface area contributed by atoms with E-state index in [1.165, 1.54) is 59.9 Å². The van der Waals surface area contributed by atoms with Crippen molar-refractivity contribution in [2.45, 2.75) is 58.0 Å². The summed E-state index contributed by atoms with van der Waals surface area (Å²) in [4.78, 5) is 2.66. The molecule has 26 heavy (non-hydrogen) atoms. The van der Waals surface area contributed by atoms with Crippen molar-refractivity contribution in [2.24, 2.45) is 5.92 Å². The van der Waals surface area contributed by atoms with E-state index in [2.05, 4.69) is 80.4 Å². The molecule has 1 nitrogen and oxygen atoms in total. The zero-order valence-corrected chi connectivity index (χ0v) is 16.4. The molecule has 2 aromatic carbocycles. The summed E-state index contributed by atoms with van der Waals surface area (Å²) in [6.45, 7) is 4.48. The number of rotatable bonds is 3. The van der Waals surface area contributed by atoms with Crippen LogP contribution in [0.2, 0.25) is 0 Å². The van der Waals surface area contributed by atoms with Crippen molar-refractivity contribution in [1.82, 2.24) is 4.90 Å². The van der Waals surface area contributed by atoms with Crippen molar-refractivity contribution in [2.75, 3.05) is 7.05 Å². The molecule has 2 saturated heterocycles. The summed E-state index contributed by atoms with van der Waals surface area (Å²) in [7, 11) is 2.35. The Morgan fingerprint density at radius 1 is 0.846 bits per heavy atom. The van der Waals surface area contributed by atoms with Gasteiger partial charge in [0.25, 0.3) is 0 Å². The molecule has 0 aromatic heterocycles. The highest BCUT2D eigenvalue weighted by atomic mass is 15.2. The summed E-state index contributed by atoms with van der Waals surface area (Å²) in [6.07, 6.45) is 9.41. The van der Waals surface area contributed by atoms with E-state index in [1.807, 2.05) is 0 Å². The van der Waals surface area contributed by atoms with Crippen LogP contribution in [0.1, 0.15) is 54.4 Å². The summed E-state index contributed by atoms with van der Waals surface area (Å²) in [5.41, 5.74) is 6.97. The predicted octanol–water partition coefficient (Wildman–Crippen LogP) is 6.00. The van der Waals surface area contributed by atoms with Gasteiger partial charge >= 0.3 is 0 Å². The van der Waals surface area contributed by atoms with Gasteiger partial charge in [-0.15, -0.1) is 0 Å².